The number of fused-ring (bicyclic) bond motifs is 1. The third-order valence-electron chi connectivity index (χ3n) is 5.38. The first kappa shape index (κ1) is 21.0. The van der Waals surface area contributed by atoms with Crippen LogP contribution in [0, 0.1) is 5.92 Å². The Morgan fingerprint density at radius 1 is 1.19 bits per heavy atom. The van der Waals surface area contributed by atoms with E-state index in [1.165, 1.54) is 28.6 Å². The number of rotatable bonds is 7. The summed E-state index contributed by atoms with van der Waals surface area (Å²) in [5.74, 6) is 3.93. The Bertz CT molecular complexity index is 1230. The molecule has 4 aromatic rings. The molecule has 0 bridgehead atoms. The predicted octanol–water partition coefficient (Wildman–Crippen LogP) is 5.28. The zero-order valence-electron chi connectivity index (χ0n) is 18.0. The summed E-state index contributed by atoms with van der Waals surface area (Å²) in [4.78, 5) is 6.95. The summed E-state index contributed by atoms with van der Waals surface area (Å²) in [7, 11) is 3.20. The first-order valence-electron chi connectivity index (χ1n) is 10.3. The molecule has 1 unspecified atom stereocenters. The monoisotopic (exact) mass is 470 g/mol. The molecule has 1 aliphatic carbocycles. The molecule has 0 N–H and O–H groups in total. The number of nitrogens with zero attached hydrogens (tertiary/aromatic N) is 4. The van der Waals surface area contributed by atoms with Crippen LogP contribution in [0.5, 0.6) is 11.5 Å². The van der Waals surface area contributed by atoms with Gasteiger partial charge in [-0.15, -0.1) is 21.5 Å². The molecule has 0 aliphatic heterocycles. The standard InChI is InChI=1S/C22H22N4O4S2/c1-12-4-7-17-13(8-12)9-18(32-17)21-24-25-22(29-21)31-11-19-23-20(26-30-19)15-6-5-14(27-2)10-16(15)28-3/h5-6,9-10,12H,4,7-8,11H2,1-3H3. The predicted molar refractivity (Wildman–Crippen MR) is 121 cm³/mol. The van der Waals surface area contributed by atoms with E-state index in [0.29, 0.717) is 40.1 Å². The summed E-state index contributed by atoms with van der Waals surface area (Å²) >= 11 is 3.12. The molecule has 3 aromatic heterocycles. The fraction of sp³-hybridized carbons (Fsp3) is 0.364. The molecule has 0 amide bonds. The zero-order valence-corrected chi connectivity index (χ0v) is 19.6. The third kappa shape index (κ3) is 4.24. The van der Waals surface area contributed by atoms with Gasteiger partial charge < -0.3 is 18.4 Å². The van der Waals surface area contributed by atoms with Crippen LogP contribution in [0.25, 0.3) is 22.2 Å². The number of benzene rings is 1. The lowest BCUT2D eigenvalue weighted by molar-refractivity contribution is 0.387. The van der Waals surface area contributed by atoms with Crippen molar-refractivity contribution in [1.29, 1.82) is 0 Å². The Morgan fingerprint density at radius 3 is 2.94 bits per heavy atom. The number of hydrogen-bond donors (Lipinski definition) is 0. The van der Waals surface area contributed by atoms with E-state index in [1.54, 1.807) is 31.6 Å². The van der Waals surface area contributed by atoms with Crippen LogP contribution in [0.1, 0.15) is 29.7 Å². The molecular weight excluding hydrogens is 448 g/mol. The Labute approximate surface area is 193 Å². The van der Waals surface area contributed by atoms with Crippen molar-refractivity contribution in [1.82, 2.24) is 20.3 Å². The first-order valence-corrected chi connectivity index (χ1v) is 12.1. The molecule has 5 rings (SSSR count). The minimum atomic E-state index is 0.422. The summed E-state index contributed by atoms with van der Waals surface area (Å²) in [6, 6.07) is 7.64. The molecule has 32 heavy (non-hydrogen) atoms. The van der Waals surface area contributed by atoms with Gasteiger partial charge in [-0.2, -0.15) is 4.98 Å². The van der Waals surface area contributed by atoms with Crippen molar-refractivity contribution in [2.45, 2.75) is 37.2 Å². The van der Waals surface area contributed by atoms with E-state index in [0.717, 1.165) is 29.2 Å². The van der Waals surface area contributed by atoms with Crippen molar-refractivity contribution in [3.63, 3.8) is 0 Å². The average molecular weight is 471 g/mol. The number of hydrogen-bond acceptors (Lipinski definition) is 10. The molecule has 0 saturated carbocycles. The highest BCUT2D eigenvalue weighted by Gasteiger charge is 2.21. The van der Waals surface area contributed by atoms with Crippen molar-refractivity contribution in [2.75, 3.05) is 14.2 Å². The number of aryl methyl sites for hydroxylation is 1. The normalized spacial score (nSPS) is 15.5. The summed E-state index contributed by atoms with van der Waals surface area (Å²) in [5, 5.41) is 12.9. The Hall–Kier alpha value is -2.85. The number of methoxy groups -OCH3 is 2. The van der Waals surface area contributed by atoms with Crippen LogP contribution in [0.4, 0.5) is 0 Å². The van der Waals surface area contributed by atoms with E-state index in [2.05, 4.69) is 33.3 Å². The Balaban J connectivity index is 1.26. The number of aromatic nitrogens is 4. The van der Waals surface area contributed by atoms with Gasteiger partial charge in [0.25, 0.3) is 11.1 Å². The van der Waals surface area contributed by atoms with Gasteiger partial charge >= 0.3 is 0 Å². The van der Waals surface area contributed by atoms with Gasteiger partial charge in [-0.05, 0) is 48.9 Å². The second-order valence-electron chi connectivity index (χ2n) is 7.65. The highest BCUT2D eigenvalue weighted by Crippen LogP contribution is 2.38. The summed E-state index contributed by atoms with van der Waals surface area (Å²) in [6.45, 7) is 2.30. The molecule has 0 radical (unpaired) electrons. The SMILES string of the molecule is COc1ccc(-c2noc(CSc3nnc(-c4cc5c(s4)CCC(C)C5)o3)n2)c(OC)c1. The van der Waals surface area contributed by atoms with Crippen LogP contribution in [-0.2, 0) is 18.6 Å². The molecule has 10 heteroatoms. The van der Waals surface area contributed by atoms with Gasteiger partial charge in [0.2, 0.25) is 11.7 Å². The lowest BCUT2D eigenvalue weighted by atomic mass is 9.90. The van der Waals surface area contributed by atoms with Crippen molar-refractivity contribution < 1.29 is 18.4 Å². The van der Waals surface area contributed by atoms with Gasteiger partial charge in [0.1, 0.15) is 11.5 Å². The largest absolute Gasteiger partial charge is 0.497 e. The lowest BCUT2D eigenvalue weighted by Crippen LogP contribution is -2.07. The molecular formula is C22H22N4O4S2. The molecule has 1 atom stereocenters. The van der Waals surface area contributed by atoms with Crippen LogP contribution in [0.15, 0.2) is 38.4 Å². The van der Waals surface area contributed by atoms with Gasteiger partial charge in [-0.1, -0.05) is 23.8 Å². The lowest BCUT2D eigenvalue weighted by Gasteiger charge is -2.16. The fourth-order valence-corrected chi connectivity index (χ4v) is 5.44. The summed E-state index contributed by atoms with van der Waals surface area (Å²) in [5.41, 5.74) is 2.15. The van der Waals surface area contributed by atoms with E-state index in [1.807, 2.05) is 12.1 Å². The number of thioether (sulfide) groups is 1. The molecule has 3 heterocycles. The molecule has 0 fully saturated rings. The fourth-order valence-electron chi connectivity index (χ4n) is 3.71. The maximum absolute atomic E-state index is 5.88. The smallest absolute Gasteiger partial charge is 0.277 e. The van der Waals surface area contributed by atoms with Gasteiger partial charge in [-0.25, -0.2) is 0 Å². The third-order valence-corrected chi connectivity index (χ3v) is 7.41. The van der Waals surface area contributed by atoms with Crippen LogP contribution in [-0.4, -0.2) is 34.6 Å². The highest BCUT2D eigenvalue weighted by molar-refractivity contribution is 7.98. The summed E-state index contributed by atoms with van der Waals surface area (Å²) < 4.78 is 21.9. The van der Waals surface area contributed by atoms with Crippen LogP contribution < -0.4 is 9.47 Å². The number of ether oxygens (including phenoxy) is 2. The van der Waals surface area contributed by atoms with Crippen molar-refractivity contribution in [2.24, 2.45) is 5.92 Å². The van der Waals surface area contributed by atoms with Crippen molar-refractivity contribution >= 4 is 23.1 Å². The first-order chi connectivity index (χ1) is 15.6. The topological polar surface area (TPSA) is 96.3 Å². The highest BCUT2D eigenvalue weighted by atomic mass is 32.2. The van der Waals surface area contributed by atoms with E-state index < -0.39 is 0 Å². The molecule has 1 aromatic carbocycles. The molecule has 0 saturated heterocycles. The van der Waals surface area contributed by atoms with Crippen LogP contribution >= 0.6 is 23.1 Å². The van der Waals surface area contributed by atoms with Gasteiger partial charge in [0.05, 0.1) is 30.4 Å². The quantitative estimate of drug-likeness (QED) is 0.334. The van der Waals surface area contributed by atoms with Crippen molar-refractivity contribution in [3.8, 4) is 33.7 Å². The van der Waals surface area contributed by atoms with E-state index in [-0.39, 0.29) is 0 Å². The van der Waals surface area contributed by atoms with Gasteiger partial charge in [0.15, 0.2) is 0 Å². The van der Waals surface area contributed by atoms with Crippen LogP contribution in [0.2, 0.25) is 0 Å². The summed E-state index contributed by atoms with van der Waals surface area (Å²) in [6.07, 6.45) is 3.50. The van der Waals surface area contributed by atoms with Crippen molar-refractivity contribution in [3.05, 3.63) is 40.6 Å². The van der Waals surface area contributed by atoms with Gasteiger partial charge in [-0.3, -0.25) is 0 Å². The molecule has 166 valence electrons. The average Bonchev–Trinajstić information content (AvgIpc) is 3.56. The zero-order chi connectivity index (χ0) is 22.1. The Kier molecular flexibility index (Phi) is 5.88. The minimum Gasteiger partial charge on any atom is -0.497 e. The second kappa shape index (κ2) is 8.95. The van der Waals surface area contributed by atoms with E-state index in [9.17, 15) is 0 Å². The minimum absolute atomic E-state index is 0.422. The second-order valence-corrected chi connectivity index (χ2v) is 9.71. The molecule has 1 aliphatic rings. The number of thiophene rings is 1. The Morgan fingerprint density at radius 2 is 2.09 bits per heavy atom. The van der Waals surface area contributed by atoms with Gasteiger partial charge in [0, 0.05) is 10.9 Å². The van der Waals surface area contributed by atoms with E-state index in [4.69, 9.17) is 18.4 Å². The maximum Gasteiger partial charge on any atom is 0.277 e. The molecule has 8 nitrogen and oxygen atoms in total. The maximum atomic E-state index is 5.88. The molecule has 0 spiro atoms. The van der Waals surface area contributed by atoms with E-state index >= 15 is 0 Å². The van der Waals surface area contributed by atoms with Crippen LogP contribution in [0.3, 0.4) is 0 Å².